The van der Waals surface area contributed by atoms with Gasteiger partial charge in [-0.1, -0.05) is 5.92 Å². The standard InChI is InChI=1S/C6H9N/c1-3-6-4-5-7(6)2/h1,6H,4-5H2,2H3/t6-/m0/s1. The van der Waals surface area contributed by atoms with Crippen molar-refractivity contribution in [2.75, 3.05) is 13.6 Å². The SMILES string of the molecule is C#C[C@H]1CCN1C. The van der Waals surface area contributed by atoms with Crippen LogP contribution in [-0.4, -0.2) is 24.5 Å². The van der Waals surface area contributed by atoms with Crippen molar-refractivity contribution in [2.24, 2.45) is 0 Å². The molecular formula is C6H9N. The second kappa shape index (κ2) is 1.55. The smallest absolute Gasteiger partial charge is 0.0721 e. The van der Waals surface area contributed by atoms with E-state index in [0.717, 1.165) is 0 Å². The molecule has 0 bridgehead atoms. The van der Waals surface area contributed by atoms with Gasteiger partial charge in [0, 0.05) is 6.54 Å². The molecule has 0 aliphatic carbocycles. The molecule has 0 unspecified atom stereocenters. The molecule has 1 heteroatoms. The molecule has 0 spiro atoms. The van der Waals surface area contributed by atoms with E-state index in [1.54, 1.807) is 0 Å². The Morgan fingerprint density at radius 1 is 1.86 bits per heavy atom. The number of nitrogens with zero attached hydrogens (tertiary/aromatic N) is 1. The molecule has 7 heavy (non-hydrogen) atoms. The van der Waals surface area contributed by atoms with Crippen LogP contribution in [0.5, 0.6) is 0 Å². The minimum absolute atomic E-state index is 0.444. The van der Waals surface area contributed by atoms with Gasteiger partial charge in [-0.25, -0.2) is 0 Å². The van der Waals surface area contributed by atoms with Crippen LogP contribution in [0, 0.1) is 12.3 Å². The molecule has 1 heterocycles. The molecule has 1 fully saturated rings. The zero-order valence-electron chi connectivity index (χ0n) is 4.52. The van der Waals surface area contributed by atoms with Gasteiger partial charge in [0.15, 0.2) is 0 Å². The molecule has 0 N–H and O–H groups in total. The minimum Gasteiger partial charge on any atom is -0.293 e. The van der Waals surface area contributed by atoms with Crippen LogP contribution >= 0.6 is 0 Å². The van der Waals surface area contributed by atoms with Gasteiger partial charge in [0.2, 0.25) is 0 Å². The van der Waals surface area contributed by atoms with Crippen LogP contribution in [0.1, 0.15) is 6.42 Å². The summed E-state index contributed by atoms with van der Waals surface area (Å²) in [5, 5.41) is 0. The molecule has 1 saturated heterocycles. The zero-order valence-corrected chi connectivity index (χ0v) is 4.52. The fourth-order valence-corrected chi connectivity index (χ4v) is 0.727. The first-order chi connectivity index (χ1) is 3.34. The molecule has 1 nitrogen and oxygen atoms in total. The van der Waals surface area contributed by atoms with E-state index in [9.17, 15) is 0 Å². The predicted molar refractivity (Wildman–Crippen MR) is 29.9 cm³/mol. The van der Waals surface area contributed by atoms with Crippen molar-refractivity contribution < 1.29 is 0 Å². The van der Waals surface area contributed by atoms with Crippen molar-refractivity contribution in [1.29, 1.82) is 0 Å². The lowest BCUT2D eigenvalue weighted by atomic mass is 10.1. The molecule has 0 aromatic heterocycles. The number of terminal acetylenes is 1. The second-order valence-electron chi connectivity index (χ2n) is 1.95. The zero-order chi connectivity index (χ0) is 5.28. The maximum atomic E-state index is 5.13. The van der Waals surface area contributed by atoms with Crippen LogP contribution in [0.15, 0.2) is 0 Å². The third kappa shape index (κ3) is 0.618. The van der Waals surface area contributed by atoms with Crippen molar-refractivity contribution in [3.63, 3.8) is 0 Å². The van der Waals surface area contributed by atoms with E-state index in [2.05, 4.69) is 10.8 Å². The van der Waals surface area contributed by atoms with E-state index < -0.39 is 0 Å². The lowest BCUT2D eigenvalue weighted by Crippen LogP contribution is -2.43. The third-order valence-corrected chi connectivity index (χ3v) is 1.48. The average Bonchev–Trinajstić information content (AvgIpc) is 1.65. The Hall–Kier alpha value is -0.480. The highest BCUT2D eigenvalue weighted by Gasteiger charge is 2.20. The van der Waals surface area contributed by atoms with Gasteiger partial charge in [-0.2, -0.15) is 0 Å². The summed E-state index contributed by atoms with van der Waals surface area (Å²) in [6.07, 6.45) is 6.32. The predicted octanol–water partition coefficient (Wildman–Crippen LogP) is 0.324. The maximum Gasteiger partial charge on any atom is 0.0721 e. The van der Waals surface area contributed by atoms with Crippen LogP contribution in [-0.2, 0) is 0 Å². The van der Waals surface area contributed by atoms with Crippen LogP contribution < -0.4 is 0 Å². The van der Waals surface area contributed by atoms with Gasteiger partial charge in [0.25, 0.3) is 0 Å². The van der Waals surface area contributed by atoms with Gasteiger partial charge in [-0.05, 0) is 13.5 Å². The molecule has 1 aliphatic rings. The Balaban J connectivity index is 2.33. The van der Waals surface area contributed by atoms with Gasteiger partial charge in [-0.3, -0.25) is 4.90 Å². The van der Waals surface area contributed by atoms with Gasteiger partial charge < -0.3 is 0 Å². The first-order valence-corrected chi connectivity index (χ1v) is 2.51. The van der Waals surface area contributed by atoms with E-state index in [0.29, 0.717) is 6.04 Å². The molecular weight excluding hydrogens is 86.1 g/mol. The van der Waals surface area contributed by atoms with Gasteiger partial charge >= 0.3 is 0 Å². The second-order valence-corrected chi connectivity index (χ2v) is 1.95. The van der Waals surface area contributed by atoms with Crippen LogP contribution in [0.2, 0.25) is 0 Å². The van der Waals surface area contributed by atoms with Crippen molar-refractivity contribution in [3.8, 4) is 12.3 Å². The van der Waals surface area contributed by atoms with Crippen LogP contribution in [0.4, 0.5) is 0 Å². The topological polar surface area (TPSA) is 3.24 Å². The molecule has 0 saturated carbocycles. The Bertz CT molecular complexity index is 101. The quantitative estimate of drug-likeness (QED) is 0.392. The number of likely N-dealkylation sites (tertiary alicyclic amines) is 1. The van der Waals surface area contributed by atoms with Crippen molar-refractivity contribution in [3.05, 3.63) is 0 Å². The summed E-state index contributed by atoms with van der Waals surface area (Å²) in [7, 11) is 2.05. The summed E-state index contributed by atoms with van der Waals surface area (Å²) >= 11 is 0. The molecule has 1 aliphatic heterocycles. The molecule has 1 atom stereocenters. The fourth-order valence-electron chi connectivity index (χ4n) is 0.727. The maximum absolute atomic E-state index is 5.13. The third-order valence-electron chi connectivity index (χ3n) is 1.48. The normalized spacial score (nSPS) is 31.1. The van der Waals surface area contributed by atoms with E-state index >= 15 is 0 Å². The Morgan fingerprint density at radius 2 is 2.57 bits per heavy atom. The minimum atomic E-state index is 0.444. The van der Waals surface area contributed by atoms with E-state index in [1.165, 1.54) is 13.0 Å². The van der Waals surface area contributed by atoms with Gasteiger partial charge in [0.05, 0.1) is 6.04 Å². The largest absolute Gasteiger partial charge is 0.293 e. The van der Waals surface area contributed by atoms with Crippen molar-refractivity contribution in [1.82, 2.24) is 4.90 Å². The van der Waals surface area contributed by atoms with Crippen molar-refractivity contribution in [2.45, 2.75) is 12.5 Å². The molecule has 0 amide bonds. The Kier molecular flexibility index (Phi) is 1.04. The lowest BCUT2D eigenvalue weighted by Gasteiger charge is -2.33. The highest BCUT2D eigenvalue weighted by Crippen LogP contribution is 2.11. The van der Waals surface area contributed by atoms with Crippen LogP contribution in [0.3, 0.4) is 0 Å². The summed E-state index contributed by atoms with van der Waals surface area (Å²) in [5.41, 5.74) is 0. The van der Waals surface area contributed by atoms with Crippen LogP contribution in [0.25, 0.3) is 0 Å². The molecule has 0 aromatic carbocycles. The van der Waals surface area contributed by atoms with E-state index in [1.807, 2.05) is 7.05 Å². The number of rotatable bonds is 0. The number of hydrogen-bond donors (Lipinski definition) is 0. The summed E-state index contributed by atoms with van der Waals surface area (Å²) in [5.74, 6) is 2.68. The van der Waals surface area contributed by atoms with Gasteiger partial charge in [-0.15, -0.1) is 6.42 Å². The first-order valence-electron chi connectivity index (χ1n) is 2.51. The highest BCUT2D eigenvalue weighted by molar-refractivity contribution is 5.04. The summed E-state index contributed by atoms with van der Waals surface area (Å²) in [6.45, 7) is 1.18. The van der Waals surface area contributed by atoms with Crippen molar-refractivity contribution >= 4 is 0 Å². The summed E-state index contributed by atoms with van der Waals surface area (Å²) in [4.78, 5) is 2.17. The fraction of sp³-hybridized carbons (Fsp3) is 0.667. The lowest BCUT2D eigenvalue weighted by molar-refractivity contribution is 0.174. The molecule has 1 rings (SSSR count). The highest BCUT2D eigenvalue weighted by atomic mass is 15.2. The summed E-state index contributed by atoms with van der Waals surface area (Å²) < 4.78 is 0. The molecule has 0 radical (unpaired) electrons. The summed E-state index contributed by atoms with van der Waals surface area (Å²) in [6, 6.07) is 0.444. The Morgan fingerprint density at radius 3 is 2.57 bits per heavy atom. The van der Waals surface area contributed by atoms with Gasteiger partial charge in [0.1, 0.15) is 0 Å². The monoisotopic (exact) mass is 95.1 g/mol. The number of hydrogen-bond acceptors (Lipinski definition) is 1. The average molecular weight is 95.1 g/mol. The molecule has 38 valence electrons. The first kappa shape index (κ1) is 4.67. The van der Waals surface area contributed by atoms with E-state index in [4.69, 9.17) is 6.42 Å². The Labute approximate surface area is 44.3 Å². The van der Waals surface area contributed by atoms with E-state index in [-0.39, 0.29) is 0 Å². The molecule has 0 aromatic rings.